The highest BCUT2D eigenvalue weighted by atomic mass is 16.2. The Morgan fingerprint density at radius 1 is 1.00 bits per heavy atom. The van der Waals surface area contributed by atoms with Crippen LogP contribution < -0.4 is 10.6 Å². The van der Waals surface area contributed by atoms with Gasteiger partial charge in [-0.2, -0.15) is 0 Å². The molecule has 2 amide bonds. The first-order valence-corrected chi connectivity index (χ1v) is 10.2. The average molecular weight is 377 g/mol. The molecule has 0 aliphatic heterocycles. The molecular formula is C23H27N3O2. The van der Waals surface area contributed by atoms with E-state index in [0.717, 1.165) is 36.0 Å². The summed E-state index contributed by atoms with van der Waals surface area (Å²) in [4.78, 5) is 24.3. The van der Waals surface area contributed by atoms with Gasteiger partial charge in [-0.15, -0.1) is 0 Å². The molecule has 1 aliphatic rings. The lowest BCUT2D eigenvalue weighted by atomic mass is 10.0. The van der Waals surface area contributed by atoms with Crippen LogP contribution in [-0.2, 0) is 16.1 Å². The zero-order valence-electron chi connectivity index (χ0n) is 16.3. The van der Waals surface area contributed by atoms with Gasteiger partial charge in [0.1, 0.15) is 0 Å². The molecule has 0 saturated heterocycles. The molecule has 1 aliphatic carbocycles. The molecule has 28 heavy (non-hydrogen) atoms. The van der Waals surface area contributed by atoms with E-state index < -0.39 is 0 Å². The van der Waals surface area contributed by atoms with Crippen LogP contribution in [0, 0.1) is 5.92 Å². The lowest BCUT2D eigenvalue weighted by Crippen LogP contribution is -2.33. The summed E-state index contributed by atoms with van der Waals surface area (Å²) in [7, 11) is 0. The third-order valence-electron chi connectivity index (χ3n) is 5.77. The number of para-hydroxylation sites is 1. The monoisotopic (exact) mass is 377 g/mol. The number of carbonyl (C=O) groups excluding carboxylic acids is 2. The molecular weight excluding hydrogens is 350 g/mol. The smallest absolute Gasteiger partial charge is 0.243 e. The van der Waals surface area contributed by atoms with Crippen LogP contribution in [0.3, 0.4) is 0 Å². The Balaban J connectivity index is 1.43. The number of anilines is 1. The summed E-state index contributed by atoms with van der Waals surface area (Å²) in [6.45, 7) is 3.04. The minimum Gasteiger partial charge on any atom is -0.347 e. The number of amides is 2. The third kappa shape index (κ3) is 3.75. The molecule has 0 spiro atoms. The fourth-order valence-electron chi connectivity index (χ4n) is 4.41. The van der Waals surface area contributed by atoms with E-state index in [9.17, 15) is 9.59 Å². The minimum atomic E-state index is -0.196. The van der Waals surface area contributed by atoms with Gasteiger partial charge in [-0.25, -0.2) is 0 Å². The van der Waals surface area contributed by atoms with Crippen LogP contribution in [0.1, 0.15) is 39.0 Å². The zero-order chi connectivity index (χ0) is 19.5. The van der Waals surface area contributed by atoms with E-state index in [2.05, 4.69) is 34.3 Å². The van der Waals surface area contributed by atoms with Crippen LogP contribution in [0.2, 0.25) is 0 Å². The highest BCUT2D eigenvalue weighted by molar-refractivity contribution is 6.10. The Labute approximate surface area is 165 Å². The molecule has 5 heteroatoms. The molecule has 1 aromatic heterocycles. The van der Waals surface area contributed by atoms with Crippen LogP contribution in [-0.4, -0.2) is 22.9 Å². The van der Waals surface area contributed by atoms with Crippen molar-refractivity contribution in [3.05, 3.63) is 42.5 Å². The summed E-state index contributed by atoms with van der Waals surface area (Å²) < 4.78 is 2.28. The average Bonchev–Trinajstić information content (AvgIpc) is 3.32. The molecule has 5 nitrogen and oxygen atoms in total. The van der Waals surface area contributed by atoms with E-state index in [-0.39, 0.29) is 18.4 Å². The molecule has 146 valence electrons. The van der Waals surface area contributed by atoms with Gasteiger partial charge >= 0.3 is 0 Å². The summed E-state index contributed by atoms with van der Waals surface area (Å²) in [5.41, 5.74) is 3.11. The summed E-state index contributed by atoms with van der Waals surface area (Å²) in [6, 6.07) is 14.3. The van der Waals surface area contributed by atoms with Gasteiger partial charge < -0.3 is 15.2 Å². The quantitative estimate of drug-likeness (QED) is 0.667. The van der Waals surface area contributed by atoms with Crippen molar-refractivity contribution >= 4 is 39.3 Å². The Kier molecular flexibility index (Phi) is 5.33. The van der Waals surface area contributed by atoms with E-state index >= 15 is 0 Å². The predicted molar refractivity (Wildman–Crippen MR) is 113 cm³/mol. The van der Waals surface area contributed by atoms with Crippen LogP contribution in [0.25, 0.3) is 21.8 Å². The van der Waals surface area contributed by atoms with Crippen molar-refractivity contribution in [1.29, 1.82) is 0 Å². The van der Waals surface area contributed by atoms with Crippen LogP contribution in [0.4, 0.5) is 5.69 Å². The molecule has 4 rings (SSSR count). The lowest BCUT2D eigenvalue weighted by molar-refractivity contribution is -0.124. The third-order valence-corrected chi connectivity index (χ3v) is 5.77. The molecule has 2 N–H and O–H groups in total. The van der Waals surface area contributed by atoms with Crippen LogP contribution in [0.5, 0.6) is 0 Å². The maximum atomic E-state index is 12.3. The van der Waals surface area contributed by atoms with Gasteiger partial charge in [0.2, 0.25) is 11.8 Å². The Morgan fingerprint density at radius 3 is 2.54 bits per heavy atom. The van der Waals surface area contributed by atoms with Crippen LogP contribution >= 0.6 is 0 Å². The van der Waals surface area contributed by atoms with E-state index in [1.807, 2.05) is 30.3 Å². The topological polar surface area (TPSA) is 63.1 Å². The van der Waals surface area contributed by atoms with Gasteiger partial charge in [0.25, 0.3) is 0 Å². The van der Waals surface area contributed by atoms with Gasteiger partial charge in [-0.05, 0) is 49.9 Å². The van der Waals surface area contributed by atoms with E-state index in [1.54, 1.807) is 0 Å². The number of nitrogens with one attached hydrogen (secondary N) is 2. The van der Waals surface area contributed by atoms with Crippen molar-refractivity contribution < 1.29 is 9.59 Å². The number of hydrogen-bond acceptors (Lipinski definition) is 2. The number of fused-ring (bicyclic) bond motifs is 3. The van der Waals surface area contributed by atoms with Crippen molar-refractivity contribution in [3.8, 4) is 0 Å². The number of hydrogen-bond donors (Lipinski definition) is 2. The zero-order valence-corrected chi connectivity index (χ0v) is 16.3. The van der Waals surface area contributed by atoms with E-state index in [1.165, 1.54) is 23.7 Å². The summed E-state index contributed by atoms with van der Waals surface area (Å²) in [6.07, 6.45) is 5.23. The van der Waals surface area contributed by atoms with Gasteiger partial charge in [0.15, 0.2) is 0 Å². The standard InChI is InChI=1S/C23H27N3O2/c1-2-26-20-10-6-5-9-18(20)19-14-17(11-12-21(19)26)25-23(28)15-24-22(27)13-16-7-3-4-8-16/h5-6,9-12,14,16H,2-4,7-8,13,15H2,1H3,(H,24,27)(H,25,28). The second kappa shape index (κ2) is 8.05. The number of nitrogens with zero attached hydrogens (tertiary/aromatic N) is 1. The highest BCUT2D eigenvalue weighted by Gasteiger charge is 2.18. The highest BCUT2D eigenvalue weighted by Crippen LogP contribution is 2.31. The Morgan fingerprint density at radius 2 is 1.75 bits per heavy atom. The van der Waals surface area contributed by atoms with E-state index in [0.29, 0.717) is 12.3 Å². The molecule has 0 unspecified atom stereocenters. The first-order valence-electron chi connectivity index (χ1n) is 10.2. The van der Waals surface area contributed by atoms with Crippen LogP contribution in [0.15, 0.2) is 42.5 Å². The molecule has 0 bridgehead atoms. The minimum absolute atomic E-state index is 0.0142. The fourth-order valence-corrected chi connectivity index (χ4v) is 4.41. The maximum absolute atomic E-state index is 12.3. The Bertz CT molecular complexity index is 1020. The number of aryl methyl sites for hydroxylation is 1. The first kappa shape index (κ1) is 18.5. The summed E-state index contributed by atoms with van der Waals surface area (Å²) >= 11 is 0. The molecule has 1 heterocycles. The number of aromatic nitrogens is 1. The molecule has 0 radical (unpaired) electrons. The van der Waals surface area contributed by atoms with Crippen molar-refractivity contribution in [3.63, 3.8) is 0 Å². The number of rotatable bonds is 6. The van der Waals surface area contributed by atoms with Crippen molar-refractivity contribution in [2.45, 2.75) is 45.6 Å². The maximum Gasteiger partial charge on any atom is 0.243 e. The van der Waals surface area contributed by atoms with Gasteiger partial charge in [0, 0.05) is 40.5 Å². The van der Waals surface area contributed by atoms with Crippen molar-refractivity contribution in [1.82, 2.24) is 9.88 Å². The fraction of sp³-hybridized carbons (Fsp3) is 0.391. The predicted octanol–water partition coefficient (Wildman–Crippen LogP) is 4.45. The summed E-state index contributed by atoms with van der Waals surface area (Å²) in [5.74, 6) is 0.267. The molecule has 0 atom stereocenters. The van der Waals surface area contributed by atoms with Crippen molar-refractivity contribution in [2.75, 3.05) is 11.9 Å². The SMILES string of the molecule is CCn1c2ccccc2c2cc(NC(=O)CNC(=O)CC3CCCC3)ccc21. The normalized spacial score (nSPS) is 14.6. The Hall–Kier alpha value is -2.82. The van der Waals surface area contributed by atoms with Gasteiger partial charge in [0.05, 0.1) is 6.54 Å². The lowest BCUT2D eigenvalue weighted by Gasteiger charge is -2.10. The molecule has 3 aromatic rings. The largest absolute Gasteiger partial charge is 0.347 e. The van der Waals surface area contributed by atoms with Gasteiger partial charge in [-0.3, -0.25) is 9.59 Å². The first-order chi connectivity index (χ1) is 13.7. The van der Waals surface area contributed by atoms with Gasteiger partial charge in [-0.1, -0.05) is 31.0 Å². The van der Waals surface area contributed by atoms with Crippen molar-refractivity contribution in [2.24, 2.45) is 5.92 Å². The second-order valence-corrected chi connectivity index (χ2v) is 7.67. The summed E-state index contributed by atoms with van der Waals surface area (Å²) in [5, 5.41) is 7.97. The second-order valence-electron chi connectivity index (χ2n) is 7.67. The number of benzene rings is 2. The molecule has 1 fully saturated rings. The molecule has 2 aromatic carbocycles. The molecule has 1 saturated carbocycles. The van der Waals surface area contributed by atoms with E-state index in [4.69, 9.17) is 0 Å². The number of carbonyl (C=O) groups is 2.